The van der Waals surface area contributed by atoms with Gasteiger partial charge in [-0.15, -0.1) is 0 Å². The lowest BCUT2D eigenvalue weighted by molar-refractivity contribution is -0.192. The predicted octanol–water partition coefficient (Wildman–Crippen LogP) is 3.36. The molecule has 2 aliphatic rings. The van der Waals surface area contributed by atoms with Gasteiger partial charge in [0.1, 0.15) is 5.82 Å². The van der Waals surface area contributed by atoms with Crippen molar-refractivity contribution in [2.24, 2.45) is 0 Å². The summed E-state index contributed by atoms with van der Waals surface area (Å²) in [4.78, 5) is 25.9. The van der Waals surface area contributed by atoms with Gasteiger partial charge < -0.3 is 10.0 Å². The van der Waals surface area contributed by atoms with Crippen molar-refractivity contribution in [3.63, 3.8) is 0 Å². The average Bonchev–Trinajstić information content (AvgIpc) is 3.04. The van der Waals surface area contributed by atoms with Crippen LogP contribution in [0.3, 0.4) is 0 Å². The number of rotatable bonds is 3. The van der Waals surface area contributed by atoms with Crippen LogP contribution in [0.4, 0.5) is 17.6 Å². The van der Waals surface area contributed by atoms with E-state index in [1.54, 1.807) is 29.2 Å². The second-order valence-corrected chi connectivity index (χ2v) is 11.0. The van der Waals surface area contributed by atoms with Gasteiger partial charge in [0, 0.05) is 25.2 Å². The highest BCUT2D eigenvalue weighted by Crippen LogP contribution is 2.29. The maximum absolute atomic E-state index is 13.2. The number of alkyl halides is 3. The molecular formula is C24H26F4N2O5S. The van der Waals surface area contributed by atoms with Crippen LogP contribution in [0.25, 0.3) is 0 Å². The summed E-state index contributed by atoms with van der Waals surface area (Å²) in [7, 11) is -3.23. The van der Waals surface area contributed by atoms with Crippen LogP contribution in [0.5, 0.6) is 0 Å². The van der Waals surface area contributed by atoms with E-state index in [-0.39, 0.29) is 30.1 Å². The van der Waals surface area contributed by atoms with E-state index in [2.05, 4.69) is 4.90 Å². The van der Waals surface area contributed by atoms with Gasteiger partial charge in [-0.1, -0.05) is 30.3 Å². The van der Waals surface area contributed by atoms with E-state index in [0.717, 1.165) is 5.56 Å². The topological polar surface area (TPSA) is 95.0 Å². The van der Waals surface area contributed by atoms with E-state index < -0.39 is 27.2 Å². The number of amides is 1. The summed E-state index contributed by atoms with van der Waals surface area (Å²) in [5, 5.41) is 6.60. The third kappa shape index (κ3) is 7.03. The molecule has 2 aromatic carbocycles. The monoisotopic (exact) mass is 530 g/mol. The Bertz CT molecular complexity index is 1160. The number of fused-ring (bicyclic) bond motifs is 1. The van der Waals surface area contributed by atoms with Crippen molar-refractivity contribution in [3.05, 3.63) is 71.5 Å². The molecule has 0 unspecified atom stereocenters. The van der Waals surface area contributed by atoms with Crippen LogP contribution >= 0.6 is 0 Å². The molecule has 0 aromatic heterocycles. The molecule has 0 bridgehead atoms. The zero-order valence-corrected chi connectivity index (χ0v) is 20.0. The van der Waals surface area contributed by atoms with Crippen molar-refractivity contribution in [1.29, 1.82) is 0 Å². The minimum Gasteiger partial charge on any atom is -0.475 e. The summed E-state index contributed by atoms with van der Waals surface area (Å²) < 4.78 is 70.4. The van der Waals surface area contributed by atoms with E-state index >= 15 is 0 Å². The molecule has 0 radical (unpaired) electrons. The zero-order chi connectivity index (χ0) is 26.5. The smallest absolute Gasteiger partial charge is 0.475 e. The Labute approximate surface area is 206 Å². The lowest BCUT2D eigenvalue weighted by Crippen LogP contribution is -2.56. The molecule has 196 valence electrons. The summed E-state index contributed by atoms with van der Waals surface area (Å²) in [6, 6.07) is 15.2. The molecule has 2 aliphatic heterocycles. The molecular weight excluding hydrogens is 504 g/mol. The number of hydrogen-bond donors (Lipinski definition) is 1. The van der Waals surface area contributed by atoms with Gasteiger partial charge in [-0.05, 0) is 49.2 Å². The van der Waals surface area contributed by atoms with Crippen LogP contribution in [-0.4, -0.2) is 78.1 Å². The lowest BCUT2D eigenvalue weighted by Gasteiger charge is -2.40. The van der Waals surface area contributed by atoms with Crippen molar-refractivity contribution in [1.82, 2.24) is 9.80 Å². The average molecular weight is 531 g/mol. The van der Waals surface area contributed by atoms with Gasteiger partial charge in [0.2, 0.25) is 0 Å². The Morgan fingerprint density at radius 2 is 1.53 bits per heavy atom. The number of benzene rings is 2. The summed E-state index contributed by atoms with van der Waals surface area (Å²) in [5.74, 6) is -3.10. The second kappa shape index (κ2) is 11.4. The van der Waals surface area contributed by atoms with Crippen LogP contribution in [0.15, 0.2) is 54.6 Å². The van der Waals surface area contributed by atoms with Gasteiger partial charge in [0.05, 0.1) is 17.0 Å². The van der Waals surface area contributed by atoms with E-state index in [9.17, 15) is 30.8 Å². The first-order valence-electron chi connectivity index (χ1n) is 11.2. The van der Waals surface area contributed by atoms with Crippen molar-refractivity contribution in [2.45, 2.75) is 36.9 Å². The highest BCUT2D eigenvalue weighted by molar-refractivity contribution is 7.92. The van der Waals surface area contributed by atoms with E-state index in [1.807, 2.05) is 18.2 Å². The van der Waals surface area contributed by atoms with E-state index in [4.69, 9.17) is 9.90 Å². The van der Waals surface area contributed by atoms with Crippen molar-refractivity contribution >= 4 is 21.7 Å². The standard InChI is InChI=1S/C22H25FN2O3S.C2HF3O2/c23-19-8-6-17(7-9-19)16-24-12-10-20-21(11-13-24)29(27,28)15-14-25(20)22(26)18-4-2-1-3-5-18;3-2(4,5)1(6)7/h1-9,20-21H,10-16H2;(H,6,7)/t20-,21+;/m0./s1. The first-order valence-corrected chi connectivity index (χ1v) is 12.9. The maximum atomic E-state index is 13.2. The number of carbonyl (C=O) groups excluding carboxylic acids is 1. The molecule has 4 rings (SSSR count). The molecule has 1 amide bonds. The highest BCUT2D eigenvalue weighted by atomic mass is 32.2. The molecule has 2 heterocycles. The van der Waals surface area contributed by atoms with E-state index in [1.165, 1.54) is 12.1 Å². The van der Waals surface area contributed by atoms with Gasteiger partial charge in [0.15, 0.2) is 9.84 Å². The Morgan fingerprint density at radius 3 is 2.11 bits per heavy atom. The number of hydrogen-bond acceptors (Lipinski definition) is 5. The van der Waals surface area contributed by atoms with Gasteiger partial charge in [-0.3, -0.25) is 9.69 Å². The number of carboxylic acid groups (broad SMARTS) is 1. The molecule has 7 nitrogen and oxygen atoms in total. The predicted molar refractivity (Wildman–Crippen MR) is 123 cm³/mol. The SMILES string of the molecule is O=C(O)C(F)(F)F.O=C(c1ccccc1)N1CCS(=O)(=O)[C@@H]2CCN(Cc3ccc(F)cc3)CC[C@@H]21. The molecule has 36 heavy (non-hydrogen) atoms. The minimum absolute atomic E-state index is 0.0186. The fourth-order valence-electron chi connectivity index (χ4n) is 4.44. The molecule has 0 spiro atoms. The van der Waals surface area contributed by atoms with Crippen LogP contribution in [0.2, 0.25) is 0 Å². The number of halogens is 4. The van der Waals surface area contributed by atoms with E-state index in [0.29, 0.717) is 38.0 Å². The molecule has 2 fully saturated rings. The molecule has 2 atom stereocenters. The lowest BCUT2D eigenvalue weighted by atomic mass is 10.0. The highest BCUT2D eigenvalue weighted by Gasteiger charge is 2.44. The third-order valence-electron chi connectivity index (χ3n) is 6.22. The van der Waals surface area contributed by atoms with Gasteiger partial charge >= 0.3 is 12.1 Å². The fraction of sp³-hybridized carbons (Fsp3) is 0.417. The van der Waals surface area contributed by atoms with Gasteiger partial charge in [-0.25, -0.2) is 17.6 Å². The first-order chi connectivity index (χ1) is 16.9. The second-order valence-electron chi connectivity index (χ2n) is 8.62. The van der Waals surface area contributed by atoms with Gasteiger partial charge in [-0.2, -0.15) is 13.2 Å². The molecule has 0 aliphatic carbocycles. The largest absolute Gasteiger partial charge is 0.490 e. The Balaban J connectivity index is 0.000000454. The Morgan fingerprint density at radius 1 is 0.944 bits per heavy atom. The number of aliphatic carboxylic acids is 1. The molecule has 2 aromatic rings. The first kappa shape index (κ1) is 27.6. The Kier molecular flexibility index (Phi) is 8.72. The molecule has 0 saturated carbocycles. The van der Waals surface area contributed by atoms with Crippen LogP contribution in [0.1, 0.15) is 28.8 Å². The number of nitrogens with zero attached hydrogens (tertiary/aromatic N) is 2. The quantitative estimate of drug-likeness (QED) is 0.612. The molecule has 1 N–H and O–H groups in total. The number of likely N-dealkylation sites (tertiary alicyclic amines) is 1. The Hall–Kier alpha value is -2.99. The van der Waals surface area contributed by atoms with Crippen LogP contribution < -0.4 is 0 Å². The van der Waals surface area contributed by atoms with Crippen LogP contribution in [-0.2, 0) is 21.2 Å². The molecule has 12 heteroatoms. The minimum atomic E-state index is -5.08. The summed E-state index contributed by atoms with van der Waals surface area (Å²) >= 11 is 0. The number of sulfone groups is 1. The molecule has 2 saturated heterocycles. The zero-order valence-electron chi connectivity index (χ0n) is 19.2. The number of carbonyl (C=O) groups is 2. The van der Waals surface area contributed by atoms with Gasteiger partial charge in [0.25, 0.3) is 5.91 Å². The van der Waals surface area contributed by atoms with Crippen molar-refractivity contribution < 1.29 is 40.7 Å². The summed E-state index contributed by atoms with van der Waals surface area (Å²) in [5.41, 5.74) is 1.59. The maximum Gasteiger partial charge on any atom is 0.490 e. The van der Waals surface area contributed by atoms with Crippen molar-refractivity contribution in [3.8, 4) is 0 Å². The third-order valence-corrected chi connectivity index (χ3v) is 8.45. The fourth-order valence-corrected chi connectivity index (χ4v) is 6.42. The van der Waals surface area contributed by atoms with Crippen LogP contribution in [0, 0.1) is 5.82 Å². The number of carboxylic acids is 1. The summed E-state index contributed by atoms with van der Waals surface area (Å²) in [6.45, 7) is 2.24. The summed E-state index contributed by atoms with van der Waals surface area (Å²) in [6.07, 6.45) is -3.96. The normalized spacial score (nSPS) is 21.9. The van der Waals surface area contributed by atoms with Crippen molar-refractivity contribution in [2.75, 3.05) is 25.4 Å².